The molecule has 6 heteroatoms. The lowest BCUT2D eigenvalue weighted by Gasteiger charge is -2.56. The molecule has 0 aliphatic heterocycles. The summed E-state index contributed by atoms with van der Waals surface area (Å²) in [6.45, 7) is 0. The number of nitriles is 1. The molecule has 0 saturated heterocycles. The molecule has 27 heavy (non-hydrogen) atoms. The maximum atomic E-state index is 12.7. The second-order valence-electron chi connectivity index (χ2n) is 9.27. The van der Waals surface area contributed by atoms with Gasteiger partial charge in [-0.3, -0.25) is 4.79 Å². The van der Waals surface area contributed by atoms with Gasteiger partial charge in [-0.1, -0.05) is 0 Å². The van der Waals surface area contributed by atoms with Crippen LogP contribution in [0.15, 0.2) is 0 Å². The fourth-order valence-corrected chi connectivity index (χ4v) is 8.29. The molecule has 1 amide bonds. The van der Waals surface area contributed by atoms with E-state index in [0.29, 0.717) is 17.1 Å². The van der Waals surface area contributed by atoms with Gasteiger partial charge in [0.05, 0.1) is 5.56 Å². The Morgan fingerprint density at radius 3 is 2.48 bits per heavy atom. The summed E-state index contributed by atoms with van der Waals surface area (Å²) in [5.74, 6) is 2.58. The standard InChI is InChI=1S/C21H25N3OS2/c22-11-16-15-2-1-3-17(15)27-19(16)24-20(26)23-18(25)10-21-7-12-4-13(8-21)6-14(5-12)9-21/h12-14H,1-10H2,(H2,23,24,25,26). The zero-order valence-electron chi connectivity index (χ0n) is 15.5. The highest BCUT2D eigenvalue weighted by molar-refractivity contribution is 7.80. The van der Waals surface area contributed by atoms with E-state index in [4.69, 9.17) is 12.2 Å². The average molecular weight is 400 g/mol. The Kier molecular flexibility index (Phi) is 4.29. The fraction of sp³-hybridized carbons (Fsp3) is 0.667. The zero-order chi connectivity index (χ0) is 18.6. The summed E-state index contributed by atoms with van der Waals surface area (Å²) >= 11 is 7.00. The highest BCUT2D eigenvalue weighted by Gasteiger charge is 2.51. The van der Waals surface area contributed by atoms with Crippen molar-refractivity contribution in [2.75, 3.05) is 5.32 Å². The van der Waals surface area contributed by atoms with Gasteiger partial charge in [0, 0.05) is 11.3 Å². The Bertz CT molecular complexity index is 815. The van der Waals surface area contributed by atoms with E-state index in [1.807, 2.05) is 0 Å². The average Bonchev–Trinajstić information content (AvgIpc) is 3.12. The van der Waals surface area contributed by atoms with E-state index in [1.54, 1.807) is 11.3 Å². The number of rotatable bonds is 3. The lowest BCUT2D eigenvalue weighted by Crippen LogP contribution is -2.48. The van der Waals surface area contributed by atoms with Crippen LogP contribution < -0.4 is 10.6 Å². The summed E-state index contributed by atoms with van der Waals surface area (Å²) in [6, 6.07) is 2.31. The van der Waals surface area contributed by atoms with Crippen molar-refractivity contribution in [1.29, 1.82) is 5.26 Å². The van der Waals surface area contributed by atoms with Crippen molar-refractivity contribution in [3.8, 4) is 6.07 Å². The highest BCUT2D eigenvalue weighted by atomic mass is 32.1. The van der Waals surface area contributed by atoms with Gasteiger partial charge in [-0.15, -0.1) is 11.3 Å². The molecule has 0 spiro atoms. The van der Waals surface area contributed by atoms with Crippen molar-refractivity contribution < 1.29 is 4.79 Å². The first-order valence-electron chi connectivity index (χ1n) is 10.2. The smallest absolute Gasteiger partial charge is 0.226 e. The highest BCUT2D eigenvalue weighted by Crippen LogP contribution is 2.61. The van der Waals surface area contributed by atoms with Crippen LogP contribution in [0.1, 0.15) is 67.4 Å². The van der Waals surface area contributed by atoms with Crippen LogP contribution in [0.25, 0.3) is 0 Å². The topological polar surface area (TPSA) is 64.9 Å². The molecule has 5 aliphatic rings. The molecule has 6 rings (SSSR count). The van der Waals surface area contributed by atoms with Gasteiger partial charge >= 0.3 is 0 Å². The van der Waals surface area contributed by atoms with Crippen LogP contribution in [0, 0.1) is 34.5 Å². The summed E-state index contributed by atoms with van der Waals surface area (Å²) in [4.78, 5) is 14.0. The summed E-state index contributed by atoms with van der Waals surface area (Å²) in [6.07, 6.45) is 11.6. The van der Waals surface area contributed by atoms with Gasteiger partial charge in [-0.25, -0.2) is 0 Å². The van der Waals surface area contributed by atoms with Crippen molar-refractivity contribution in [3.05, 3.63) is 16.0 Å². The van der Waals surface area contributed by atoms with E-state index in [-0.39, 0.29) is 11.3 Å². The third-order valence-corrected chi connectivity index (χ3v) is 8.63. The van der Waals surface area contributed by atoms with Gasteiger partial charge in [0.1, 0.15) is 11.1 Å². The van der Waals surface area contributed by atoms with Crippen LogP contribution in [0.2, 0.25) is 0 Å². The fourth-order valence-electron chi connectivity index (χ4n) is 6.76. The Balaban J connectivity index is 1.22. The van der Waals surface area contributed by atoms with Crippen molar-refractivity contribution in [2.45, 2.75) is 64.2 Å². The second kappa shape index (κ2) is 6.56. The molecular weight excluding hydrogens is 374 g/mol. The molecule has 0 aromatic carbocycles. The van der Waals surface area contributed by atoms with E-state index in [9.17, 15) is 10.1 Å². The van der Waals surface area contributed by atoms with Gasteiger partial charge < -0.3 is 10.6 Å². The number of aryl methyl sites for hydroxylation is 1. The predicted molar refractivity (Wildman–Crippen MR) is 111 cm³/mol. The number of nitrogens with zero attached hydrogens (tertiary/aromatic N) is 1. The number of hydrogen-bond acceptors (Lipinski definition) is 4. The lowest BCUT2D eigenvalue weighted by atomic mass is 9.49. The van der Waals surface area contributed by atoms with Gasteiger partial charge in [0.25, 0.3) is 0 Å². The molecule has 4 nitrogen and oxygen atoms in total. The van der Waals surface area contributed by atoms with Gasteiger partial charge in [0.15, 0.2) is 5.11 Å². The Hall–Kier alpha value is -1.45. The van der Waals surface area contributed by atoms with Crippen LogP contribution >= 0.6 is 23.6 Å². The SMILES string of the molecule is N#Cc1c(NC(=S)NC(=O)CC23CC4CC(CC(C4)C2)C3)sc2c1CCC2. The van der Waals surface area contributed by atoms with Crippen LogP contribution in [0.5, 0.6) is 0 Å². The molecule has 1 aromatic rings. The van der Waals surface area contributed by atoms with E-state index in [1.165, 1.54) is 49.0 Å². The molecule has 0 atom stereocenters. The minimum Gasteiger partial charge on any atom is -0.323 e. The first-order valence-corrected chi connectivity index (χ1v) is 11.4. The van der Waals surface area contributed by atoms with E-state index < -0.39 is 0 Å². The summed E-state index contributed by atoms with van der Waals surface area (Å²) in [5.41, 5.74) is 2.11. The summed E-state index contributed by atoms with van der Waals surface area (Å²) in [5, 5.41) is 16.6. The van der Waals surface area contributed by atoms with E-state index >= 15 is 0 Å². The van der Waals surface area contributed by atoms with Gasteiger partial charge in [-0.05, 0) is 98.7 Å². The number of thiophene rings is 1. The molecule has 4 saturated carbocycles. The Morgan fingerprint density at radius 2 is 1.85 bits per heavy atom. The van der Waals surface area contributed by atoms with Crippen molar-refractivity contribution in [1.82, 2.24) is 5.32 Å². The maximum absolute atomic E-state index is 12.7. The molecule has 0 radical (unpaired) electrons. The molecule has 142 valence electrons. The molecule has 1 heterocycles. The number of amides is 1. The first-order chi connectivity index (χ1) is 13.0. The van der Waals surface area contributed by atoms with E-state index in [2.05, 4.69) is 16.7 Å². The number of carbonyl (C=O) groups is 1. The minimum atomic E-state index is 0.0389. The number of fused-ring (bicyclic) bond motifs is 1. The van der Waals surface area contributed by atoms with Crippen molar-refractivity contribution >= 4 is 39.6 Å². The lowest BCUT2D eigenvalue weighted by molar-refractivity contribution is -0.127. The predicted octanol–water partition coefficient (Wildman–Crippen LogP) is 4.53. The molecule has 5 aliphatic carbocycles. The quantitative estimate of drug-likeness (QED) is 0.733. The molecular formula is C21H25N3OS2. The van der Waals surface area contributed by atoms with Gasteiger partial charge in [0.2, 0.25) is 5.91 Å². The minimum absolute atomic E-state index is 0.0389. The molecule has 0 unspecified atom stereocenters. The molecule has 4 bridgehead atoms. The zero-order valence-corrected chi connectivity index (χ0v) is 17.1. The number of carbonyl (C=O) groups excluding carboxylic acids is 1. The molecule has 1 aromatic heterocycles. The third-order valence-electron chi connectivity index (χ3n) is 7.21. The summed E-state index contributed by atoms with van der Waals surface area (Å²) < 4.78 is 0. The monoisotopic (exact) mass is 399 g/mol. The molecule has 4 fully saturated rings. The van der Waals surface area contributed by atoms with Crippen molar-refractivity contribution in [2.24, 2.45) is 23.2 Å². The number of thiocarbonyl (C=S) groups is 1. The third kappa shape index (κ3) is 3.19. The molecule has 2 N–H and O–H groups in total. The normalized spacial score (nSPS) is 32.8. The van der Waals surface area contributed by atoms with Crippen LogP contribution in [0.3, 0.4) is 0 Å². The van der Waals surface area contributed by atoms with Crippen LogP contribution in [0.4, 0.5) is 5.00 Å². The Morgan fingerprint density at radius 1 is 1.19 bits per heavy atom. The van der Waals surface area contributed by atoms with Crippen LogP contribution in [-0.2, 0) is 17.6 Å². The van der Waals surface area contributed by atoms with Gasteiger partial charge in [-0.2, -0.15) is 5.26 Å². The Labute approximate surface area is 169 Å². The largest absolute Gasteiger partial charge is 0.323 e. The first kappa shape index (κ1) is 17.6. The maximum Gasteiger partial charge on any atom is 0.226 e. The number of anilines is 1. The van der Waals surface area contributed by atoms with E-state index in [0.717, 1.165) is 42.0 Å². The number of nitrogens with one attached hydrogen (secondary N) is 2. The summed E-state index contributed by atoms with van der Waals surface area (Å²) in [7, 11) is 0. The van der Waals surface area contributed by atoms with Crippen LogP contribution in [-0.4, -0.2) is 11.0 Å². The number of hydrogen-bond donors (Lipinski definition) is 2. The second-order valence-corrected chi connectivity index (χ2v) is 10.8. The van der Waals surface area contributed by atoms with Crippen molar-refractivity contribution in [3.63, 3.8) is 0 Å².